The van der Waals surface area contributed by atoms with Crippen molar-refractivity contribution in [2.24, 2.45) is 0 Å². The first-order valence-electron chi connectivity index (χ1n) is 10.6. The number of aromatic nitrogens is 2. The number of pyridine rings is 2. The van der Waals surface area contributed by atoms with E-state index in [1.165, 1.54) is 4.88 Å². The van der Waals surface area contributed by atoms with E-state index < -0.39 is 0 Å². The van der Waals surface area contributed by atoms with Gasteiger partial charge in [0.05, 0.1) is 12.6 Å². The summed E-state index contributed by atoms with van der Waals surface area (Å²) in [5, 5.41) is 5.14. The van der Waals surface area contributed by atoms with Crippen molar-refractivity contribution in [1.29, 1.82) is 0 Å². The number of benzene rings is 1. The molecule has 3 heterocycles. The second kappa shape index (κ2) is 9.75. The van der Waals surface area contributed by atoms with E-state index in [1.807, 2.05) is 67.8 Å². The minimum absolute atomic E-state index is 0.213. The number of nitrogens with one attached hydrogen (secondary N) is 1. The summed E-state index contributed by atoms with van der Waals surface area (Å²) < 4.78 is 2.08. The molecule has 0 bridgehead atoms. The van der Waals surface area contributed by atoms with Gasteiger partial charge >= 0.3 is 0 Å². The van der Waals surface area contributed by atoms with Crippen LogP contribution in [0.3, 0.4) is 0 Å². The highest BCUT2D eigenvalue weighted by molar-refractivity contribution is 7.09. The molecule has 1 aromatic carbocycles. The minimum atomic E-state index is -0.386. The molecule has 32 heavy (non-hydrogen) atoms. The molecule has 0 radical (unpaired) electrons. The second-order valence-electron chi connectivity index (χ2n) is 7.59. The van der Waals surface area contributed by atoms with Crippen molar-refractivity contribution in [1.82, 2.24) is 14.9 Å². The molecule has 4 rings (SSSR count). The van der Waals surface area contributed by atoms with Crippen LogP contribution < -0.4 is 10.7 Å². The van der Waals surface area contributed by atoms with Crippen LogP contribution in [0.5, 0.6) is 0 Å². The van der Waals surface area contributed by atoms with Crippen LogP contribution in [0.4, 0.5) is 0 Å². The topological polar surface area (TPSA) is 64.0 Å². The average molecular weight is 444 g/mol. The number of hydrogen-bond donors (Lipinski definition) is 1. The Balaban J connectivity index is 1.75. The number of carbonyl (C=O) groups excluding carboxylic acids is 1. The summed E-state index contributed by atoms with van der Waals surface area (Å²) in [4.78, 5) is 31.8. The maximum atomic E-state index is 13.5. The highest BCUT2D eigenvalue weighted by Gasteiger charge is 2.23. The van der Waals surface area contributed by atoms with Crippen molar-refractivity contribution in [3.63, 3.8) is 0 Å². The summed E-state index contributed by atoms with van der Waals surface area (Å²) in [6, 6.07) is 18.8. The molecule has 1 unspecified atom stereocenters. The predicted octanol–water partition coefficient (Wildman–Crippen LogP) is 4.74. The summed E-state index contributed by atoms with van der Waals surface area (Å²) >= 11 is 1.66. The van der Waals surface area contributed by atoms with E-state index >= 15 is 0 Å². The van der Waals surface area contributed by atoms with Gasteiger partial charge in [0.1, 0.15) is 5.56 Å². The lowest BCUT2D eigenvalue weighted by Crippen LogP contribution is -2.35. The summed E-state index contributed by atoms with van der Waals surface area (Å²) in [5.74, 6) is -0.363. The van der Waals surface area contributed by atoms with Crippen molar-refractivity contribution >= 4 is 17.2 Å². The first kappa shape index (κ1) is 21.7. The van der Waals surface area contributed by atoms with E-state index in [0.717, 1.165) is 22.5 Å². The van der Waals surface area contributed by atoms with Gasteiger partial charge in [0.15, 0.2) is 5.43 Å². The molecule has 4 aromatic rings. The molecule has 0 aliphatic rings. The molecule has 1 amide bonds. The van der Waals surface area contributed by atoms with Crippen LogP contribution in [0.2, 0.25) is 0 Å². The molecule has 1 N–H and O–H groups in total. The van der Waals surface area contributed by atoms with Crippen LogP contribution in [0.25, 0.3) is 0 Å². The lowest BCUT2D eigenvalue weighted by molar-refractivity contribution is 0.0940. The number of thiophene rings is 1. The van der Waals surface area contributed by atoms with Gasteiger partial charge < -0.3 is 9.88 Å². The molecule has 0 fully saturated rings. The van der Waals surface area contributed by atoms with E-state index in [0.29, 0.717) is 13.0 Å². The number of amides is 1. The monoisotopic (exact) mass is 443 g/mol. The van der Waals surface area contributed by atoms with Crippen molar-refractivity contribution in [3.8, 4) is 0 Å². The molecule has 5 nitrogen and oxygen atoms in total. The molecule has 0 saturated heterocycles. The lowest BCUT2D eigenvalue weighted by atomic mass is 9.98. The maximum absolute atomic E-state index is 13.5. The van der Waals surface area contributed by atoms with Gasteiger partial charge in [-0.15, -0.1) is 11.3 Å². The van der Waals surface area contributed by atoms with E-state index in [2.05, 4.69) is 20.9 Å². The first-order chi connectivity index (χ1) is 15.6. The Kier molecular flexibility index (Phi) is 6.61. The van der Waals surface area contributed by atoms with Crippen LogP contribution >= 0.6 is 11.3 Å². The number of rotatable bonds is 7. The van der Waals surface area contributed by atoms with E-state index in [-0.39, 0.29) is 22.9 Å². The van der Waals surface area contributed by atoms with Crippen LogP contribution in [-0.4, -0.2) is 15.5 Å². The van der Waals surface area contributed by atoms with Crippen molar-refractivity contribution < 1.29 is 4.79 Å². The Morgan fingerprint density at radius 3 is 2.44 bits per heavy atom. The molecule has 6 heteroatoms. The van der Waals surface area contributed by atoms with Crippen molar-refractivity contribution in [2.45, 2.75) is 32.9 Å². The fraction of sp³-hybridized carbons (Fsp3) is 0.192. The second-order valence-corrected chi connectivity index (χ2v) is 8.62. The molecule has 0 spiro atoms. The van der Waals surface area contributed by atoms with Crippen LogP contribution in [0.1, 0.15) is 50.7 Å². The third-order valence-corrected chi connectivity index (χ3v) is 6.39. The molecular formula is C26H25N3O2S. The zero-order chi connectivity index (χ0) is 22.5. The molecular weight excluding hydrogens is 418 g/mol. The van der Waals surface area contributed by atoms with Gasteiger partial charge in [0.25, 0.3) is 5.91 Å². The zero-order valence-corrected chi connectivity index (χ0v) is 18.9. The largest absolute Gasteiger partial charge is 0.343 e. The van der Waals surface area contributed by atoms with E-state index in [4.69, 9.17) is 0 Å². The third kappa shape index (κ3) is 4.55. The normalized spacial score (nSPS) is 11.8. The fourth-order valence-corrected chi connectivity index (χ4v) is 4.68. The van der Waals surface area contributed by atoms with E-state index in [9.17, 15) is 9.59 Å². The number of hydrogen-bond acceptors (Lipinski definition) is 4. The minimum Gasteiger partial charge on any atom is -0.343 e. The molecule has 1 atom stereocenters. The highest BCUT2D eigenvalue weighted by atomic mass is 32.1. The number of aryl methyl sites for hydroxylation is 1. The summed E-state index contributed by atoms with van der Waals surface area (Å²) in [7, 11) is 0. The highest BCUT2D eigenvalue weighted by Crippen LogP contribution is 2.23. The summed E-state index contributed by atoms with van der Waals surface area (Å²) in [6.45, 7) is 4.53. The third-order valence-electron chi connectivity index (χ3n) is 5.53. The van der Waals surface area contributed by atoms with Crippen molar-refractivity contribution in [3.05, 3.63) is 122 Å². The smallest absolute Gasteiger partial charge is 0.257 e. The molecule has 162 valence electrons. The SMILES string of the molecule is CCc1c(C(=O)NC(c2ccccc2)c2ccncc2)c(=O)cc(C)n1Cc1cccs1. The lowest BCUT2D eigenvalue weighted by Gasteiger charge is -2.22. The van der Waals surface area contributed by atoms with Gasteiger partial charge in [0, 0.05) is 34.7 Å². The van der Waals surface area contributed by atoms with Gasteiger partial charge in [-0.25, -0.2) is 0 Å². The number of carbonyl (C=O) groups is 1. The van der Waals surface area contributed by atoms with Gasteiger partial charge in [-0.05, 0) is 48.1 Å². The predicted molar refractivity (Wildman–Crippen MR) is 128 cm³/mol. The van der Waals surface area contributed by atoms with Gasteiger partial charge in [-0.1, -0.05) is 43.3 Å². The standard InChI is InChI=1S/C26H25N3O2S/c1-3-22-24(23(30)16-18(2)29(22)17-21-10-7-15-32-21)26(31)28-25(19-8-5-4-6-9-19)20-11-13-27-14-12-20/h4-16,25H,3,17H2,1-2H3,(H,28,31). The summed E-state index contributed by atoms with van der Waals surface area (Å²) in [5.41, 5.74) is 3.41. The maximum Gasteiger partial charge on any atom is 0.257 e. The Hall–Kier alpha value is -3.51. The zero-order valence-electron chi connectivity index (χ0n) is 18.1. The Morgan fingerprint density at radius 1 is 1.06 bits per heavy atom. The first-order valence-corrected chi connectivity index (χ1v) is 11.5. The average Bonchev–Trinajstić information content (AvgIpc) is 3.33. The Labute approximate surface area is 191 Å². The van der Waals surface area contributed by atoms with Crippen LogP contribution in [0.15, 0.2) is 83.2 Å². The Morgan fingerprint density at radius 2 is 1.78 bits per heavy atom. The number of nitrogens with zero attached hydrogens (tertiary/aromatic N) is 2. The van der Waals surface area contributed by atoms with Gasteiger partial charge in [0.2, 0.25) is 0 Å². The van der Waals surface area contributed by atoms with Gasteiger partial charge in [-0.3, -0.25) is 14.6 Å². The van der Waals surface area contributed by atoms with Crippen LogP contribution in [0, 0.1) is 6.92 Å². The van der Waals surface area contributed by atoms with Crippen molar-refractivity contribution in [2.75, 3.05) is 0 Å². The van der Waals surface area contributed by atoms with Gasteiger partial charge in [-0.2, -0.15) is 0 Å². The molecule has 0 saturated carbocycles. The van der Waals surface area contributed by atoms with Crippen LogP contribution in [-0.2, 0) is 13.0 Å². The molecule has 3 aromatic heterocycles. The molecule has 0 aliphatic heterocycles. The summed E-state index contributed by atoms with van der Waals surface area (Å²) in [6.07, 6.45) is 3.99. The quantitative estimate of drug-likeness (QED) is 0.449. The molecule has 0 aliphatic carbocycles. The van der Waals surface area contributed by atoms with E-state index in [1.54, 1.807) is 29.8 Å². The fourth-order valence-electron chi connectivity index (χ4n) is 3.98. The Bertz CT molecular complexity index is 1210.